The normalized spacial score (nSPS) is 16.4. The van der Waals surface area contributed by atoms with E-state index in [1.54, 1.807) is 0 Å². The van der Waals surface area contributed by atoms with Gasteiger partial charge in [-0.05, 0) is 74.9 Å². The molecule has 27 heavy (non-hydrogen) atoms. The lowest BCUT2D eigenvalue weighted by atomic mass is 10.1. The van der Waals surface area contributed by atoms with Crippen molar-refractivity contribution in [2.24, 2.45) is 0 Å². The molecule has 0 bridgehead atoms. The van der Waals surface area contributed by atoms with Gasteiger partial charge in [-0.1, -0.05) is 12.1 Å². The predicted molar refractivity (Wildman–Crippen MR) is 102 cm³/mol. The topological polar surface area (TPSA) is 46.2 Å². The summed E-state index contributed by atoms with van der Waals surface area (Å²) in [5.41, 5.74) is 2.51. The number of aryl methyl sites for hydroxylation is 2. The second-order valence-electron chi connectivity index (χ2n) is 7.21. The molecule has 144 valence electrons. The van der Waals surface area contributed by atoms with Gasteiger partial charge in [-0.15, -0.1) is 0 Å². The molecule has 0 spiro atoms. The van der Waals surface area contributed by atoms with Crippen LogP contribution in [0.5, 0.6) is 23.0 Å². The molecule has 0 aliphatic carbocycles. The molecular formula is C22H26O5. The molecule has 2 aliphatic rings. The van der Waals surface area contributed by atoms with E-state index in [9.17, 15) is 0 Å². The Morgan fingerprint density at radius 1 is 0.704 bits per heavy atom. The lowest BCUT2D eigenvalue weighted by Gasteiger charge is -2.19. The van der Waals surface area contributed by atoms with Gasteiger partial charge in [0.1, 0.15) is 0 Å². The molecule has 2 aromatic rings. The monoisotopic (exact) mass is 370 g/mol. The number of hydrogen-bond donors (Lipinski definition) is 0. The lowest BCUT2D eigenvalue weighted by Crippen LogP contribution is -2.18. The summed E-state index contributed by atoms with van der Waals surface area (Å²) in [6.07, 6.45) is 4.31. The first-order valence-electron chi connectivity index (χ1n) is 9.60. The van der Waals surface area contributed by atoms with E-state index < -0.39 is 0 Å². The molecule has 0 saturated carbocycles. The highest BCUT2D eigenvalue weighted by molar-refractivity contribution is 5.45. The molecule has 0 N–H and O–H groups in total. The van der Waals surface area contributed by atoms with E-state index in [-0.39, 0.29) is 12.2 Å². The zero-order valence-electron chi connectivity index (χ0n) is 15.9. The van der Waals surface area contributed by atoms with E-state index >= 15 is 0 Å². The maximum absolute atomic E-state index is 6.17. The highest BCUT2D eigenvalue weighted by atomic mass is 16.7. The Kier molecular flexibility index (Phi) is 5.39. The number of rotatable bonds is 8. The Bertz CT molecular complexity index is 723. The summed E-state index contributed by atoms with van der Waals surface area (Å²) in [6.45, 7) is 4.92. The summed E-state index contributed by atoms with van der Waals surface area (Å²) in [7, 11) is 0. The highest BCUT2D eigenvalue weighted by Crippen LogP contribution is 2.34. The van der Waals surface area contributed by atoms with Crippen molar-refractivity contribution >= 4 is 0 Å². The van der Waals surface area contributed by atoms with Crippen molar-refractivity contribution in [3.63, 3.8) is 0 Å². The van der Waals surface area contributed by atoms with Gasteiger partial charge in [0.15, 0.2) is 23.0 Å². The van der Waals surface area contributed by atoms with Crippen LogP contribution < -0.4 is 18.9 Å². The van der Waals surface area contributed by atoms with E-state index in [4.69, 9.17) is 23.7 Å². The Hall–Kier alpha value is -2.40. The predicted octanol–water partition coefficient (Wildman–Crippen LogP) is 4.50. The summed E-state index contributed by atoms with van der Waals surface area (Å²) in [6, 6.07) is 12.3. The van der Waals surface area contributed by atoms with Crippen molar-refractivity contribution in [1.82, 2.24) is 0 Å². The Labute approximate surface area is 160 Å². The molecule has 0 radical (unpaired) electrons. The van der Waals surface area contributed by atoms with E-state index in [1.807, 2.05) is 12.1 Å². The number of ether oxygens (including phenoxy) is 5. The fourth-order valence-electron chi connectivity index (χ4n) is 3.47. The SMILES string of the molecule is CC(CCc1ccc2c(c1)OCO2)OC(C)CCc1ccc2c(c1)OCO2. The molecule has 2 unspecified atom stereocenters. The van der Waals surface area contributed by atoms with Crippen LogP contribution in [0.2, 0.25) is 0 Å². The van der Waals surface area contributed by atoms with Crippen LogP contribution in [0, 0.1) is 0 Å². The molecule has 5 nitrogen and oxygen atoms in total. The van der Waals surface area contributed by atoms with Gasteiger partial charge >= 0.3 is 0 Å². The van der Waals surface area contributed by atoms with E-state index in [1.165, 1.54) is 11.1 Å². The van der Waals surface area contributed by atoms with Crippen LogP contribution in [0.15, 0.2) is 36.4 Å². The van der Waals surface area contributed by atoms with Crippen molar-refractivity contribution in [3.8, 4) is 23.0 Å². The standard InChI is InChI=1S/C22H26O5/c1-15(3-5-17-7-9-19-21(11-17)25-13-23-19)27-16(2)4-6-18-8-10-20-22(12-18)26-14-24-20/h7-12,15-16H,3-6,13-14H2,1-2H3. The van der Waals surface area contributed by atoms with Gasteiger partial charge in [0.25, 0.3) is 0 Å². The van der Waals surface area contributed by atoms with Crippen LogP contribution >= 0.6 is 0 Å². The summed E-state index contributed by atoms with van der Waals surface area (Å²) in [5, 5.41) is 0. The summed E-state index contributed by atoms with van der Waals surface area (Å²) >= 11 is 0. The second-order valence-corrected chi connectivity index (χ2v) is 7.21. The van der Waals surface area contributed by atoms with E-state index in [0.29, 0.717) is 13.6 Å². The minimum atomic E-state index is 0.210. The highest BCUT2D eigenvalue weighted by Gasteiger charge is 2.16. The van der Waals surface area contributed by atoms with Crippen LogP contribution in [-0.2, 0) is 17.6 Å². The van der Waals surface area contributed by atoms with Gasteiger partial charge in [0.2, 0.25) is 13.6 Å². The zero-order chi connectivity index (χ0) is 18.6. The van der Waals surface area contributed by atoms with E-state index in [2.05, 4.69) is 38.1 Å². The largest absolute Gasteiger partial charge is 0.454 e. The molecule has 2 atom stereocenters. The van der Waals surface area contributed by atoms with Crippen LogP contribution in [0.3, 0.4) is 0 Å². The van der Waals surface area contributed by atoms with Crippen LogP contribution in [0.1, 0.15) is 37.8 Å². The van der Waals surface area contributed by atoms with Crippen LogP contribution in [0.25, 0.3) is 0 Å². The fraction of sp³-hybridized carbons (Fsp3) is 0.455. The number of hydrogen-bond acceptors (Lipinski definition) is 5. The first-order valence-corrected chi connectivity index (χ1v) is 9.60. The quantitative estimate of drug-likeness (QED) is 0.684. The molecule has 5 heteroatoms. The Morgan fingerprint density at radius 2 is 1.15 bits per heavy atom. The third-order valence-corrected chi connectivity index (χ3v) is 5.02. The van der Waals surface area contributed by atoms with Gasteiger partial charge in [0.05, 0.1) is 12.2 Å². The minimum Gasteiger partial charge on any atom is -0.454 e. The third-order valence-electron chi connectivity index (χ3n) is 5.02. The molecule has 4 rings (SSSR count). The molecule has 0 saturated heterocycles. The molecule has 0 amide bonds. The summed E-state index contributed by atoms with van der Waals surface area (Å²) in [4.78, 5) is 0. The molecule has 2 heterocycles. The van der Waals surface area contributed by atoms with Crippen molar-refractivity contribution in [2.75, 3.05) is 13.6 Å². The molecule has 2 aromatic carbocycles. The second kappa shape index (κ2) is 8.09. The fourth-order valence-corrected chi connectivity index (χ4v) is 3.47. The Balaban J connectivity index is 1.20. The maximum Gasteiger partial charge on any atom is 0.231 e. The summed E-state index contributed by atoms with van der Waals surface area (Å²) < 4.78 is 27.8. The van der Waals surface area contributed by atoms with Gasteiger partial charge < -0.3 is 23.7 Å². The van der Waals surface area contributed by atoms with Gasteiger partial charge in [-0.2, -0.15) is 0 Å². The van der Waals surface area contributed by atoms with Crippen molar-refractivity contribution < 1.29 is 23.7 Å². The average molecular weight is 370 g/mol. The van der Waals surface area contributed by atoms with Crippen molar-refractivity contribution in [2.45, 2.75) is 51.7 Å². The maximum atomic E-state index is 6.17. The van der Waals surface area contributed by atoms with Gasteiger partial charge in [-0.3, -0.25) is 0 Å². The zero-order valence-corrected chi connectivity index (χ0v) is 15.9. The Morgan fingerprint density at radius 3 is 1.63 bits per heavy atom. The van der Waals surface area contributed by atoms with Crippen molar-refractivity contribution in [3.05, 3.63) is 47.5 Å². The molecule has 0 fully saturated rings. The average Bonchev–Trinajstić information content (AvgIpc) is 3.32. The number of fused-ring (bicyclic) bond motifs is 2. The first kappa shape index (κ1) is 18.0. The molecule has 0 aromatic heterocycles. The van der Waals surface area contributed by atoms with Crippen LogP contribution in [-0.4, -0.2) is 25.8 Å². The first-order chi connectivity index (χ1) is 13.2. The van der Waals surface area contributed by atoms with Crippen LogP contribution in [0.4, 0.5) is 0 Å². The molecular weight excluding hydrogens is 344 g/mol. The van der Waals surface area contributed by atoms with Gasteiger partial charge in [-0.25, -0.2) is 0 Å². The third kappa shape index (κ3) is 4.48. The summed E-state index contributed by atoms with van der Waals surface area (Å²) in [5.74, 6) is 3.36. The molecule has 2 aliphatic heterocycles. The van der Waals surface area contributed by atoms with Gasteiger partial charge in [0, 0.05) is 0 Å². The lowest BCUT2D eigenvalue weighted by molar-refractivity contribution is 0.000467. The van der Waals surface area contributed by atoms with E-state index in [0.717, 1.165) is 48.7 Å². The number of benzene rings is 2. The van der Waals surface area contributed by atoms with Crippen molar-refractivity contribution in [1.29, 1.82) is 0 Å². The minimum absolute atomic E-state index is 0.210. The smallest absolute Gasteiger partial charge is 0.231 e.